The maximum Gasteiger partial charge on any atom is 0.122 e. The molecule has 2 N–H and O–H groups in total. The molecule has 3 heteroatoms. The Morgan fingerprint density at radius 1 is 1.32 bits per heavy atom. The number of hydrogen-bond acceptors (Lipinski definition) is 2. The molecule has 1 aromatic rings. The molecule has 0 aromatic heterocycles. The second-order valence-corrected chi connectivity index (χ2v) is 6.86. The number of rotatable bonds is 5. The number of ether oxygens (including phenoxy) is 1. The summed E-state index contributed by atoms with van der Waals surface area (Å²) in [5.74, 6) is 1.44. The Hall–Kier alpha value is -0.730. The molecule has 2 atom stereocenters. The molecule has 0 saturated carbocycles. The van der Waals surface area contributed by atoms with Crippen molar-refractivity contribution < 1.29 is 4.74 Å². The molecule has 0 spiro atoms. The fourth-order valence-electron chi connectivity index (χ4n) is 2.08. The molecule has 19 heavy (non-hydrogen) atoms. The van der Waals surface area contributed by atoms with Gasteiger partial charge in [0, 0.05) is 11.1 Å². The maximum absolute atomic E-state index is 6.28. The molecule has 2 nitrogen and oxygen atoms in total. The zero-order valence-corrected chi connectivity index (χ0v) is 13.4. The van der Waals surface area contributed by atoms with Crippen LogP contribution in [0.2, 0.25) is 5.02 Å². The van der Waals surface area contributed by atoms with Gasteiger partial charge < -0.3 is 10.5 Å². The lowest BCUT2D eigenvalue weighted by Gasteiger charge is -2.29. The van der Waals surface area contributed by atoms with E-state index in [9.17, 15) is 0 Å². The molecule has 0 radical (unpaired) electrons. The Bertz CT molecular complexity index is 412. The van der Waals surface area contributed by atoms with E-state index in [2.05, 4.69) is 27.7 Å². The van der Waals surface area contributed by atoms with Crippen LogP contribution in [0.5, 0.6) is 5.75 Å². The molecule has 0 aliphatic carbocycles. The summed E-state index contributed by atoms with van der Waals surface area (Å²) in [6, 6.07) is 5.81. The van der Waals surface area contributed by atoms with Crippen LogP contribution in [0.25, 0.3) is 0 Å². The molecule has 0 heterocycles. The molecule has 108 valence electrons. The van der Waals surface area contributed by atoms with E-state index in [4.69, 9.17) is 22.1 Å². The molecule has 0 aliphatic rings. The quantitative estimate of drug-likeness (QED) is 0.875. The molecular formula is C16H26ClNO. The standard InChI is InChI=1S/C16H26ClNO/c1-11(16(2,3)4)8-14(18)10-12-9-13(17)6-7-15(12)19-5/h6-7,9,11,14H,8,10,18H2,1-5H3. The van der Waals surface area contributed by atoms with Gasteiger partial charge in [0.05, 0.1) is 7.11 Å². The van der Waals surface area contributed by atoms with Crippen molar-refractivity contribution in [2.24, 2.45) is 17.1 Å². The second kappa shape index (κ2) is 6.62. The SMILES string of the molecule is COc1ccc(Cl)cc1CC(N)CC(C)C(C)(C)C. The van der Waals surface area contributed by atoms with Gasteiger partial charge in [-0.05, 0) is 47.9 Å². The largest absolute Gasteiger partial charge is 0.496 e. The molecule has 0 saturated heterocycles. The molecule has 0 bridgehead atoms. The van der Waals surface area contributed by atoms with Gasteiger partial charge >= 0.3 is 0 Å². The normalized spacial score (nSPS) is 15.1. The third-order valence-corrected chi connectivity index (χ3v) is 4.09. The Balaban J connectivity index is 2.71. The van der Waals surface area contributed by atoms with Crippen LogP contribution in [0.3, 0.4) is 0 Å². The van der Waals surface area contributed by atoms with Gasteiger partial charge in [-0.15, -0.1) is 0 Å². The summed E-state index contributed by atoms with van der Waals surface area (Å²) in [6.07, 6.45) is 1.79. The van der Waals surface area contributed by atoms with Crippen LogP contribution in [0.4, 0.5) is 0 Å². The summed E-state index contributed by atoms with van der Waals surface area (Å²) in [5, 5.41) is 0.729. The zero-order chi connectivity index (χ0) is 14.6. The number of methoxy groups -OCH3 is 1. The predicted octanol–water partition coefficient (Wildman–Crippen LogP) is 4.29. The Labute approximate surface area is 122 Å². The monoisotopic (exact) mass is 283 g/mol. The fourth-order valence-corrected chi connectivity index (χ4v) is 2.27. The van der Waals surface area contributed by atoms with Crippen LogP contribution in [-0.2, 0) is 6.42 Å². The molecule has 1 aromatic carbocycles. The number of benzene rings is 1. The van der Waals surface area contributed by atoms with Crippen molar-refractivity contribution in [2.75, 3.05) is 7.11 Å². The van der Waals surface area contributed by atoms with Crippen molar-refractivity contribution in [2.45, 2.75) is 46.6 Å². The molecule has 1 rings (SSSR count). The first-order valence-electron chi connectivity index (χ1n) is 6.82. The minimum absolute atomic E-state index is 0.126. The van der Waals surface area contributed by atoms with Crippen LogP contribution in [-0.4, -0.2) is 13.2 Å². The summed E-state index contributed by atoms with van der Waals surface area (Å²) in [4.78, 5) is 0. The van der Waals surface area contributed by atoms with Gasteiger partial charge in [0.15, 0.2) is 0 Å². The van der Waals surface area contributed by atoms with E-state index in [1.54, 1.807) is 7.11 Å². The van der Waals surface area contributed by atoms with Crippen molar-refractivity contribution in [1.29, 1.82) is 0 Å². The molecule has 0 amide bonds. The third-order valence-electron chi connectivity index (χ3n) is 3.86. The first-order valence-corrected chi connectivity index (χ1v) is 7.20. The summed E-state index contributed by atoms with van der Waals surface area (Å²) in [5.41, 5.74) is 7.65. The van der Waals surface area contributed by atoms with E-state index < -0.39 is 0 Å². The van der Waals surface area contributed by atoms with Gasteiger partial charge in [-0.1, -0.05) is 39.3 Å². The number of nitrogens with two attached hydrogens (primary N) is 1. The average Bonchev–Trinajstić information content (AvgIpc) is 2.27. The van der Waals surface area contributed by atoms with Gasteiger partial charge in [0.2, 0.25) is 0 Å². The first-order chi connectivity index (χ1) is 8.74. The lowest BCUT2D eigenvalue weighted by atomic mass is 9.78. The highest BCUT2D eigenvalue weighted by molar-refractivity contribution is 6.30. The van der Waals surface area contributed by atoms with Gasteiger partial charge in [-0.3, -0.25) is 0 Å². The van der Waals surface area contributed by atoms with Gasteiger partial charge in [-0.25, -0.2) is 0 Å². The summed E-state index contributed by atoms with van der Waals surface area (Å²) < 4.78 is 5.36. The lowest BCUT2D eigenvalue weighted by Crippen LogP contribution is -2.30. The smallest absolute Gasteiger partial charge is 0.122 e. The summed E-state index contributed by atoms with van der Waals surface area (Å²) >= 11 is 6.04. The lowest BCUT2D eigenvalue weighted by molar-refractivity contribution is 0.232. The van der Waals surface area contributed by atoms with Crippen molar-refractivity contribution in [1.82, 2.24) is 0 Å². The van der Waals surface area contributed by atoms with Crippen LogP contribution < -0.4 is 10.5 Å². The molecule has 0 aliphatic heterocycles. The highest BCUT2D eigenvalue weighted by Gasteiger charge is 2.22. The highest BCUT2D eigenvalue weighted by atomic mass is 35.5. The minimum atomic E-state index is 0.126. The fraction of sp³-hybridized carbons (Fsp3) is 0.625. The van der Waals surface area contributed by atoms with Crippen LogP contribution >= 0.6 is 11.6 Å². The van der Waals surface area contributed by atoms with E-state index in [1.165, 1.54) is 0 Å². The third kappa shape index (κ3) is 5.04. The number of halogens is 1. The van der Waals surface area contributed by atoms with Gasteiger partial charge in [0.25, 0.3) is 0 Å². The topological polar surface area (TPSA) is 35.2 Å². The van der Waals surface area contributed by atoms with E-state index in [0.29, 0.717) is 5.92 Å². The predicted molar refractivity (Wildman–Crippen MR) is 82.9 cm³/mol. The van der Waals surface area contributed by atoms with E-state index in [-0.39, 0.29) is 11.5 Å². The molecule has 2 unspecified atom stereocenters. The zero-order valence-electron chi connectivity index (χ0n) is 12.7. The highest BCUT2D eigenvalue weighted by Crippen LogP contribution is 2.30. The Morgan fingerprint density at radius 2 is 1.95 bits per heavy atom. The van der Waals surface area contributed by atoms with Crippen molar-refractivity contribution in [3.05, 3.63) is 28.8 Å². The van der Waals surface area contributed by atoms with Crippen LogP contribution in [0.1, 0.15) is 39.7 Å². The molecular weight excluding hydrogens is 258 g/mol. The minimum Gasteiger partial charge on any atom is -0.496 e. The van der Waals surface area contributed by atoms with E-state index in [0.717, 1.165) is 29.2 Å². The summed E-state index contributed by atoms with van der Waals surface area (Å²) in [7, 11) is 1.68. The van der Waals surface area contributed by atoms with Crippen molar-refractivity contribution >= 4 is 11.6 Å². The Kier molecular flexibility index (Phi) is 5.69. The maximum atomic E-state index is 6.28. The van der Waals surface area contributed by atoms with Crippen LogP contribution in [0.15, 0.2) is 18.2 Å². The summed E-state index contributed by atoms with van der Waals surface area (Å²) in [6.45, 7) is 9.02. The Morgan fingerprint density at radius 3 is 2.47 bits per heavy atom. The van der Waals surface area contributed by atoms with Crippen LogP contribution in [0, 0.1) is 11.3 Å². The molecule has 0 fully saturated rings. The second-order valence-electron chi connectivity index (χ2n) is 6.42. The average molecular weight is 284 g/mol. The van der Waals surface area contributed by atoms with E-state index in [1.807, 2.05) is 18.2 Å². The number of hydrogen-bond donors (Lipinski definition) is 1. The van der Waals surface area contributed by atoms with Crippen molar-refractivity contribution in [3.8, 4) is 5.75 Å². The van der Waals surface area contributed by atoms with E-state index >= 15 is 0 Å². The van der Waals surface area contributed by atoms with Gasteiger partial charge in [-0.2, -0.15) is 0 Å². The van der Waals surface area contributed by atoms with Crippen molar-refractivity contribution in [3.63, 3.8) is 0 Å². The first kappa shape index (κ1) is 16.3. The van der Waals surface area contributed by atoms with Gasteiger partial charge in [0.1, 0.15) is 5.75 Å².